The number of ether oxygens (including phenoxy) is 2. The van der Waals surface area contributed by atoms with Crippen LogP contribution in [0.25, 0.3) is 0 Å². The molecule has 2 unspecified atom stereocenters. The van der Waals surface area contributed by atoms with Gasteiger partial charge in [0.25, 0.3) is 0 Å². The van der Waals surface area contributed by atoms with Gasteiger partial charge in [-0.1, -0.05) is 159 Å². The van der Waals surface area contributed by atoms with Gasteiger partial charge in [0.05, 0.1) is 34.4 Å². The van der Waals surface area contributed by atoms with Crippen LogP contribution in [-0.2, 0) is 27.9 Å². The topological polar surface area (TPSA) is 91.3 Å². The summed E-state index contributed by atoms with van der Waals surface area (Å²) < 4.78 is 34.7. The highest BCUT2D eigenvalue weighted by Crippen LogP contribution is 2.43. The minimum atomic E-state index is -4.26. The van der Waals surface area contributed by atoms with E-state index >= 15 is 0 Å². The number of nitrogens with zero attached hydrogens (tertiary/aromatic N) is 1. The van der Waals surface area contributed by atoms with Crippen molar-refractivity contribution in [3.63, 3.8) is 0 Å². The molecule has 0 aliphatic heterocycles. The third-order valence-corrected chi connectivity index (χ3v) is 9.89. The minimum Gasteiger partial charge on any atom is -0.457 e. The van der Waals surface area contributed by atoms with Crippen LogP contribution in [-0.4, -0.2) is 75.6 Å². The number of quaternary nitrogens is 1. The molecule has 2 atom stereocenters. The van der Waals surface area contributed by atoms with Gasteiger partial charge in [-0.2, -0.15) is 0 Å². The molecule has 0 spiro atoms. The average molecular weight is 769 g/mol. The predicted octanol–water partition coefficient (Wildman–Crippen LogP) is 12.4. The maximum Gasteiger partial charge on any atom is 0.472 e. The number of carbonyl (C=O) groups is 1. The molecule has 310 valence electrons. The van der Waals surface area contributed by atoms with Crippen molar-refractivity contribution in [2.75, 3.05) is 54.1 Å². The predicted molar refractivity (Wildman–Crippen MR) is 224 cm³/mol. The molecule has 0 fully saturated rings. The van der Waals surface area contributed by atoms with Crippen molar-refractivity contribution in [3.8, 4) is 0 Å². The number of likely N-dealkylation sites (N-methyl/N-ethyl adjacent to an activating group) is 1. The molecule has 0 radical (unpaired) electrons. The van der Waals surface area contributed by atoms with Crippen LogP contribution in [0.15, 0.2) is 48.6 Å². The van der Waals surface area contributed by atoms with Crippen LogP contribution in [0.3, 0.4) is 0 Å². The van der Waals surface area contributed by atoms with Gasteiger partial charge in [-0.25, -0.2) is 4.57 Å². The normalized spacial score (nSPS) is 14.3. The van der Waals surface area contributed by atoms with Crippen LogP contribution in [0.4, 0.5) is 0 Å². The fourth-order valence-electron chi connectivity index (χ4n) is 5.60. The highest BCUT2D eigenvalue weighted by Gasteiger charge is 2.26. The van der Waals surface area contributed by atoms with Crippen molar-refractivity contribution in [2.45, 2.75) is 174 Å². The fraction of sp³-hybridized carbons (Fsp3) is 0.795. The maximum atomic E-state index is 12.6. The summed E-state index contributed by atoms with van der Waals surface area (Å²) in [5.74, 6) is -0.320. The Morgan fingerprint density at radius 2 is 1.09 bits per heavy atom. The molecule has 1 N–H and O–H groups in total. The Bertz CT molecular complexity index is 989. The minimum absolute atomic E-state index is 0.0878. The number of phosphoric ester groups is 1. The molecule has 0 aliphatic carbocycles. The number of hydrogen-bond acceptors (Lipinski definition) is 6. The van der Waals surface area contributed by atoms with Crippen LogP contribution in [0.5, 0.6) is 0 Å². The number of esters is 1. The van der Waals surface area contributed by atoms with E-state index in [0.29, 0.717) is 24.1 Å². The standard InChI is InChI=1S/C44H82NO7P/c1-6-8-10-12-14-15-16-17-18-19-20-21-22-23-24-25-26-27-28-29-30-31-32-33-35-37-44(46)52-43(41-49-39-36-34-13-11-9-7-2)42-51-53(47,48)50-40-38-45(3,4)5/h8,10,14-15,17-18,20-21,43H,6-7,9,11-13,16,19,22-42H2,1-5H3/p+1/b10-8-,15-14-,18-17-,21-20-. The summed E-state index contributed by atoms with van der Waals surface area (Å²) in [5, 5.41) is 0. The molecule has 53 heavy (non-hydrogen) atoms. The van der Waals surface area contributed by atoms with Gasteiger partial charge in [-0.3, -0.25) is 13.8 Å². The summed E-state index contributed by atoms with van der Waals surface area (Å²) in [6.07, 6.45) is 44.5. The number of rotatable bonds is 39. The van der Waals surface area contributed by atoms with E-state index in [0.717, 1.165) is 57.8 Å². The van der Waals surface area contributed by atoms with Crippen LogP contribution in [0.2, 0.25) is 0 Å². The van der Waals surface area contributed by atoms with Crippen molar-refractivity contribution >= 4 is 13.8 Å². The molecule has 0 aromatic heterocycles. The molecular formula is C44H83NO7P+. The van der Waals surface area contributed by atoms with E-state index in [1.807, 2.05) is 21.1 Å². The zero-order valence-corrected chi connectivity index (χ0v) is 35.9. The number of phosphoric acid groups is 1. The van der Waals surface area contributed by atoms with Gasteiger partial charge in [0.2, 0.25) is 0 Å². The zero-order valence-electron chi connectivity index (χ0n) is 35.0. The summed E-state index contributed by atoms with van der Waals surface area (Å²) >= 11 is 0. The van der Waals surface area contributed by atoms with E-state index in [2.05, 4.69) is 62.5 Å². The van der Waals surface area contributed by atoms with Gasteiger partial charge in [0.1, 0.15) is 19.3 Å². The molecule has 8 nitrogen and oxygen atoms in total. The lowest BCUT2D eigenvalue weighted by Gasteiger charge is -2.24. The summed E-state index contributed by atoms with van der Waals surface area (Å²) in [7, 11) is 1.66. The van der Waals surface area contributed by atoms with Gasteiger partial charge >= 0.3 is 13.8 Å². The quantitative estimate of drug-likeness (QED) is 0.0219. The SMILES string of the molecule is CC/C=C\C/C=C\C/C=C\C/C=C\CCCCCCCCCCCCCCC(=O)OC(COCCCCCCCC)COP(=O)(O)OCC[N+](C)(C)C. The highest BCUT2D eigenvalue weighted by molar-refractivity contribution is 7.47. The summed E-state index contributed by atoms with van der Waals surface area (Å²) in [6.45, 7) is 5.46. The lowest BCUT2D eigenvalue weighted by atomic mass is 10.0. The fourth-order valence-corrected chi connectivity index (χ4v) is 6.34. The van der Waals surface area contributed by atoms with Crippen LogP contribution in [0.1, 0.15) is 168 Å². The van der Waals surface area contributed by atoms with Crippen LogP contribution in [0, 0.1) is 0 Å². The molecule has 0 saturated carbocycles. The number of hydrogen-bond donors (Lipinski definition) is 1. The van der Waals surface area contributed by atoms with Crippen molar-refractivity contribution in [2.24, 2.45) is 0 Å². The summed E-state index contributed by atoms with van der Waals surface area (Å²) in [4.78, 5) is 22.7. The second-order valence-corrected chi connectivity index (χ2v) is 16.8. The molecule has 0 bridgehead atoms. The Morgan fingerprint density at radius 1 is 0.604 bits per heavy atom. The Labute approximate surface area is 327 Å². The number of carbonyl (C=O) groups excluding carboxylic acids is 1. The van der Waals surface area contributed by atoms with Gasteiger partial charge in [-0.05, 0) is 51.4 Å². The van der Waals surface area contributed by atoms with Gasteiger partial charge in [0, 0.05) is 13.0 Å². The second kappa shape index (κ2) is 37.4. The average Bonchev–Trinajstić information content (AvgIpc) is 3.11. The van der Waals surface area contributed by atoms with E-state index in [4.69, 9.17) is 18.5 Å². The van der Waals surface area contributed by atoms with Crippen molar-refractivity contribution in [1.29, 1.82) is 0 Å². The van der Waals surface area contributed by atoms with Gasteiger partial charge < -0.3 is 18.9 Å². The van der Waals surface area contributed by atoms with E-state index in [9.17, 15) is 14.3 Å². The molecule has 0 aromatic rings. The Kier molecular flexibility index (Phi) is 36.3. The Morgan fingerprint density at radius 3 is 1.64 bits per heavy atom. The van der Waals surface area contributed by atoms with Crippen molar-refractivity contribution < 1.29 is 37.3 Å². The number of unbranched alkanes of at least 4 members (excludes halogenated alkanes) is 17. The van der Waals surface area contributed by atoms with E-state index in [1.165, 1.54) is 89.9 Å². The van der Waals surface area contributed by atoms with E-state index in [-0.39, 0.29) is 25.8 Å². The molecule has 0 amide bonds. The smallest absolute Gasteiger partial charge is 0.457 e. The van der Waals surface area contributed by atoms with E-state index < -0.39 is 13.9 Å². The van der Waals surface area contributed by atoms with Gasteiger partial charge in [0.15, 0.2) is 0 Å². The highest BCUT2D eigenvalue weighted by atomic mass is 31.2. The van der Waals surface area contributed by atoms with Crippen LogP contribution >= 0.6 is 7.82 Å². The maximum absolute atomic E-state index is 12.6. The molecule has 0 rings (SSSR count). The van der Waals surface area contributed by atoms with Crippen LogP contribution < -0.4 is 0 Å². The second-order valence-electron chi connectivity index (χ2n) is 15.3. The Balaban J connectivity index is 3.99. The van der Waals surface area contributed by atoms with Gasteiger partial charge in [-0.15, -0.1) is 0 Å². The lowest BCUT2D eigenvalue weighted by Crippen LogP contribution is -2.37. The molecule has 0 aliphatic rings. The summed E-state index contributed by atoms with van der Waals surface area (Å²) in [6, 6.07) is 0. The first-order chi connectivity index (χ1) is 25.6. The number of allylic oxidation sites excluding steroid dienone is 8. The van der Waals surface area contributed by atoms with Crippen molar-refractivity contribution in [1.82, 2.24) is 0 Å². The molecule has 0 saturated heterocycles. The molecule has 0 heterocycles. The van der Waals surface area contributed by atoms with Crippen molar-refractivity contribution in [3.05, 3.63) is 48.6 Å². The largest absolute Gasteiger partial charge is 0.472 e. The molecule has 9 heteroatoms. The Hall–Kier alpha value is -1.54. The summed E-state index contributed by atoms with van der Waals surface area (Å²) in [5.41, 5.74) is 0. The zero-order chi connectivity index (χ0) is 39.1. The first-order valence-corrected chi connectivity index (χ1v) is 22.9. The van der Waals surface area contributed by atoms with E-state index in [1.54, 1.807) is 0 Å². The monoisotopic (exact) mass is 769 g/mol. The molecular weight excluding hydrogens is 685 g/mol. The third kappa shape index (κ3) is 41.5. The first kappa shape index (κ1) is 51.5. The third-order valence-electron chi connectivity index (χ3n) is 8.90. The lowest BCUT2D eigenvalue weighted by molar-refractivity contribution is -0.870. The molecule has 0 aromatic carbocycles. The first-order valence-electron chi connectivity index (χ1n) is 21.4.